The summed E-state index contributed by atoms with van der Waals surface area (Å²) >= 11 is 0. The molecule has 1 aromatic carbocycles. The number of hydrogen-bond acceptors (Lipinski definition) is 4. The zero-order chi connectivity index (χ0) is 17.3. The van der Waals surface area contributed by atoms with Gasteiger partial charge in [0.05, 0.1) is 22.1 Å². The molecule has 4 atom stereocenters. The maximum absolute atomic E-state index is 12.9. The zero-order valence-electron chi connectivity index (χ0n) is 14.1. The minimum Gasteiger partial charge on any atom is -0.306 e. The second-order valence-corrected chi connectivity index (χ2v) is 8.21. The molecule has 1 fully saturated rings. The molecule has 1 unspecified atom stereocenters. The van der Waals surface area contributed by atoms with Crippen molar-refractivity contribution < 1.29 is 13.8 Å². The molecule has 0 amide bonds. The Labute approximate surface area is 145 Å². The van der Waals surface area contributed by atoms with Crippen LogP contribution in [0.15, 0.2) is 41.3 Å². The lowest BCUT2D eigenvalue weighted by Gasteiger charge is -2.36. The average molecular weight is 345 g/mol. The molecule has 128 valence electrons. The van der Waals surface area contributed by atoms with Crippen LogP contribution >= 0.6 is 0 Å². The molecular weight excluding hydrogens is 322 g/mol. The topological polar surface area (TPSA) is 63.2 Å². The summed E-state index contributed by atoms with van der Waals surface area (Å²) in [4.78, 5) is 24.9. The lowest BCUT2D eigenvalue weighted by atomic mass is 9.73. The summed E-state index contributed by atoms with van der Waals surface area (Å²) < 4.78 is 12.9. The van der Waals surface area contributed by atoms with Crippen molar-refractivity contribution in [2.75, 3.05) is 12.3 Å². The van der Waals surface area contributed by atoms with Crippen molar-refractivity contribution in [1.82, 2.24) is 5.32 Å². The molecule has 0 aromatic heterocycles. The number of rotatable bonds is 5. The summed E-state index contributed by atoms with van der Waals surface area (Å²) in [6.07, 6.45) is 4.25. The van der Waals surface area contributed by atoms with Gasteiger partial charge in [0.25, 0.3) is 0 Å². The molecule has 5 heteroatoms. The van der Waals surface area contributed by atoms with Gasteiger partial charge in [-0.1, -0.05) is 30.7 Å². The van der Waals surface area contributed by atoms with Gasteiger partial charge in [0, 0.05) is 30.2 Å². The van der Waals surface area contributed by atoms with Crippen molar-refractivity contribution in [2.24, 2.45) is 11.8 Å². The highest BCUT2D eigenvalue weighted by Crippen LogP contribution is 2.40. The van der Waals surface area contributed by atoms with Gasteiger partial charge >= 0.3 is 0 Å². The summed E-state index contributed by atoms with van der Waals surface area (Å²) in [5.74, 6) is 0.349. The molecule has 1 N–H and O–H groups in total. The van der Waals surface area contributed by atoms with E-state index >= 15 is 0 Å². The zero-order valence-corrected chi connectivity index (χ0v) is 14.9. The maximum Gasteiger partial charge on any atom is 0.155 e. The van der Waals surface area contributed by atoms with E-state index in [4.69, 9.17) is 0 Å². The van der Waals surface area contributed by atoms with Crippen LogP contribution in [0.2, 0.25) is 0 Å². The van der Waals surface area contributed by atoms with Crippen molar-refractivity contribution in [3.63, 3.8) is 0 Å². The van der Waals surface area contributed by atoms with Crippen LogP contribution < -0.4 is 5.32 Å². The lowest BCUT2D eigenvalue weighted by Crippen LogP contribution is -2.50. The Kier molecular flexibility index (Phi) is 4.83. The second-order valence-electron chi connectivity index (χ2n) is 6.76. The Morgan fingerprint density at radius 1 is 1.33 bits per heavy atom. The predicted molar refractivity (Wildman–Crippen MR) is 94.2 cm³/mol. The molecule has 1 saturated heterocycles. The van der Waals surface area contributed by atoms with Gasteiger partial charge in [-0.3, -0.25) is 13.8 Å². The summed E-state index contributed by atoms with van der Waals surface area (Å²) in [5.41, 5.74) is 0.599. The number of nitrogens with one attached hydrogen (secondary N) is 1. The number of fused-ring (bicyclic) bond motifs is 1. The van der Waals surface area contributed by atoms with E-state index in [1.165, 1.54) is 0 Å². The van der Waals surface area contributed by atoms with Crippen molar-refractivity contribution >= 4 is 22.4 Å². The van der Waals surface area contributed by atoms with E-state index in [9.17, 15) is 13.8 Å². The Morgan fingerprint density at radius 2 is 2.04 bits per heavy atom. The molecule has 1 aromatic rings. The molecule has 4 nitrogen and oxygen atoms in total. The number of hydrogen-bond donors (Lipinski definition) is 1. The van der Waals surface area contributed by atoms with Gasteiger partial charge in [-0.25, -0.2) is 0 Å². The van der Waals surface area contributed by atoms with Crippen molar-refractivity contribution in [3.05, 3.63) is 42.0 Å². The van der Waals surface area contributed by atoms with Gasteiger partial charge in [-0.2, -0.15) is 0 Å². The first-order valence-electron chi connectivity index (χ1n) is 8.40. The quantitative estimate of drug-likeness (QED) is 0.888. The Bertz CT molecular complexity index is 710. The molecule has 1 aliphatic heterocycles. The van der Waals surface area contributed by atoms with Gasteiger partial charge in [-0.15, -0.1) is 0 Å². The molecule has 1 aliphatic carbocycles. The molecule has 0 saturated carbocycles. The number of Topliss-reactive ketones (excluding diaryl/α,β-unsaturated/α-hetero) is 1. The standard InChI is InChI=1S/C19H23NO3S/c1-3-18(22)16-11-20-19(9-8-14(21)10-17(16)19)12-24(23)15-6-4-13(2)5-7-15/h4-9,16-17,20H,3,10-12H2,1-2H3/t16-,17+,19-,24?/m0/s1. The van der Waals surface area contributed by atoms with Gasteiger partial charge < -0.3 is 5.32 Å². The number of allylic oxidation sites excluding steroid dienone is 1. The highest BCUT2D eigenvalue weighted by Gasteiger charge is 2.51. The average Bonchev–Trinajstić information content (AvgIpc) is 2.93. The number of benzene rings is 1. The summed E-state index contributed by atoms with van der Waals surface area (Å²) in [6.45, 7) is 4.41. The molecule has 3 rings (SSSR count). The van der Waals surface area contributed by atoms with Crippen LogP contribution in [0.4, 0.5) is 0 Å². The van der Waals surface area contributed by atoms with E-state index in [0.717, 1.165) is 10.5 Å². The molecule has 24 heavy (non-hydrogen) atoms. The molecule has 0 radical (unpaired) electrons. The van der Waals surface area contributed by atoms with Crippen molar-refractivity contribution in [3.8, 4) is 0 Å². The third kappa shape index (κ3) is 3.15. The van der Waals surface area contributed by atoms with Gasteiger partial charge in [0.1, 0.15) is 5.78 Å². The minimum absolute atomic E-state index is 0.0503. The van der Waals surface area contributed by atoms with Crippen molar-refractivity contribution in [2.45, 2.75) is 37.1 Å². The summed E-state index contributed by atoms with van der Waals surface area (Å²) in [7, 11) is -1.19. The molecular formula is C19H23NO3S. The van der Waals surface area contributed by atoms with Crippen LogP contribution in [-0.2, 0) is 20.4 Å². The van der Waals surface area contributed by atoms with Crippen LogP contribution in [0, 0.1) is 18.8 Å². The molecule has 0 spiro atoms. The number of aryl methyl sites for hydroxylation is 1. The Morgan fingerprint density at radius 3 is 2.71 bits per heavy atom. The van der Waals surface area contributed by atoms with Crippen molar-refractivity contribution in [1.29, 1.82) is 0 Å². The number of ketones is 2. The van der Waals surface area contributed by atoms with Crippen LogP contribution in [-0.4, -0.2) is 33.6 Å². The third-order valence-corrected chi connectivity index (χ3v) is 6.74. The van der Waals surface area contributed by atoms with E-state index in [2.05, 4.69) is 5.32 Å². The van der Waals surface area contributed by atoms with Crippen LogP contribution in [0.1, 0.15) is 25.3 Å². The van der Waals surface area contributed by atoms with E-state index in [0.29, 0.717) is 25.1 Å². The van der Waals surface area contributed by atoms with Crippen LogP contribution in [0.3, 0.4) is 0 Å². The van der Waals surface area contributed by atoms with Crippen LogP contribution in [0.5, 0.6) is 0 Å². The molecule has 0 bridgehead atoms. The Balaban J connectivity index is 1.87. The highest BCUT2D eigenvalue weighted by molar-refractivity contribution is 7.85. The first-order valence-corrected chi connectivity index (χ1v) is 9.72. The summed E-state index contributed by atoms with van der Waals surface area (Å²) in [6, 6.07) is 7.68. The minimum atomic E-state index is -1.19. The first kappa shape index (κ1) is 17.2. The fraction of sp³-hybridized carbons (Fsp3) is 0.474. The number of carbonyl (C=O) groups is 2. The molecule has 1 heterocycles. The van der Waals surface area contributed by atoms with E-state index in [1.807, 2.05) is 44.2 Å². The molecule has 2 aliphatic rings. The van der Waals surface area contributed by atoms with Crippen LogP contribution in [0.25, 0.3) is 0 Å². The predicted octanol–water partition coefficient (Wildman–Crippen LogP) is 2.19. The first-order chi connectivity index (χ1) is 11.4. The summed E-state index contributed by atoms with van der Waals surface area (Å²) in [5, 5.41) is 3.42. The van der Waals surface area contributed by atoms with Gasteiger partial charge in [0.2, 0.25) is 0 Å². The highest BCUT2D eigenvalue weighted by atomic mass is 32.2. The Hall–Kier alpha value is -1.59. The monoisotopic (exact) mass is 345 g/mol. The maximum atomic E-state index is 12.9. The fourth-order valence-electron chi connectivity index (χ4n) is 3.76. The second kappa shape index (κ2) is 6.73. The van der Waals surface area contributed by atoms with E-state index < -0.39 is 16.3 Å². The number of carbonyl (C=O) groups excluding carboxylic acids is 2. The lowest BCUT2D eigenvalue weighted by molar-refractivity contribution is -0.124. The largest absolute Gasteiger partial charge is 0.306 e. The van der Waals surface area contributed by atoms with Gasteiger partial charge in [-0.05, 0) is 31.1 Å². The van der Waals surface area contributed by atoms with Gasteiger partial charge in [0.15, 0.2) is 5.78 Å². The van der Waals surface area contributed by atoms with E-state index in [1.54, 1.807) is 6.08 Å². The SMILES string of the molecule is CCC(=O)[C@H]1CN[C@]2(CS(=O)c3ccc(C)cc3)C=CC(=O)C[C@H]12. The third-order valence-electron chi connectivity index (χ3n) is 5.20. The normalized spacial score (nSPS) is 30.2. The van der Waals surface area contributed by atoms with E-state index in [-0.39, 0.29) is 23.4 Å². The smallest absolute Gasteiger partial charge is 0.155 e. The fourth-order valence-corrected chi connectivity index (χ4v) is 5.22.